The Bertz CT molecular complexity index is 909. The van der Waals surface area contributed by atoms with Crippen molar-refractivity contribution >= 4 is 17.4 Å². The van der Waals surface area contributed by atoms with E-state index in [1.165, 1.54) is 11.2 Å². The van der Waals surface area contributed by atoms with Gasteiger partial charge in [0.1, 0.15) is 17.6 Å². The summed E-state index contributed by atoms with van der Waals surface area (Å²) < 4.78 is 7.14. The van der Waals surface area contributed by atoms with Gasteiger partial charge >= 0.3 is 0 Å². The van der Waals surface area contributed by atoms with Crippen LogP contribution in [0.1, 0.15) is 28.8 Å². The number of Topliss-reactive ketones (excluding diaryl/α,β-unsaturated/α-hetero) is 1. The molecule has 0 aliphatic carbocycles. The van der Waals surface area contributed by atoms with E-state index in [9.17, 15) is 14.7 Å². The fourth-order valence-corrected chi connectivity index (χ4v) is 3.41. The number of rotatable bonds is 5. The summed E-state index contributed by atoms with van der Waals surface area (Å²) in [5.74, 6) is -1.13. The summed E-state index contributed by atoms with van der Waals surface area (Å²) in [5, 5.41) is 15.3. The smallest absolute Gasteiger partial charge is 0.295 e. The highest BCUT2D eigenvalue weighted by atomic mass is 16.3. The Morgan fingerprint density at radius 3 is 2.56 bits per heavy atom. The van der Waals surface area contributed by atoms with Crippen LogP contribution >= 0.6 is 0 Å². The Morgan fingerprint density at radius 1 is 1.33 bits per heavy atom. The topological polar surface area (TPSA) is 91.8 Å². The van der Waals surface area contributed by atoms with E-state index in [2.05, 4.69) is 5.10 Å². The number of furan rings is 1. The van der Waals surface area contributed by atoms with E-state index in [0.717, 1.165) is 0 Å². The number of likely N-dealkylation sites (tertiary alicyclic amines) is 1. The molecule has 1 aliphatic heterocycles. The molecule has 0 radical (unpaired) electrons. The number of hydrogen-bond donors (Lipinski definition) is 1. The second-order valence-electron chi connectivity index (χ2n) is 6.98. The summed E-state index contributed by atoms with van der Waals surface area (Å²) in [6, 6.07) is 2.64. The van der Waals surface area contributed by atoms with Crippen molar-refractivity contribution in [2.45, 2.75) is 19.9 Å². The van der Waals surface area contributed by atoms with Gasteiger partial charge in [-0.05, 0) is 40.1 Å². The van der Waals surface area contributed by atoms with Crippen molar-refractivity contribution in [3.8, 4) is 0 Å². The molecule has 1 fully saturated rings. The fourth-order valence-electron chi connectivity index (χ4n) is 3.41. The summed E-state index contributed by atoms with van der Waals surface area (Å²) in [4.78, 5) is 28.9. The van der Waals surface area contributed by atoms with Crippen LogP contribution in [0.3, 0.4) is 0 Å². The molecular formula is C19H24N4O4. The molecule has 27 heavy (non-hydrogen) atoms. The molecule has 0 saturated carbocycles. The fraction of sp³-hybridized carbons (Fsp3) is 0.421. The summed E-state index contributed by atoms with van der Waals surface area (Å²) in [7, 11) is 5.54. The van der Waals surface area contributed by atoms with Crippen LogP contribution in [0.5, 0.6) is 0 Å². The first-order chi connectivity index (χ1) is 12.7. The van der Waals surface area contributed by atoms with Gasteiger partial charge in [0.05, 0.1) is 23.1 Å². The molecule has 1 atom stereocenters. The third-order valence-corrected chi connectivity index (χ3v) is 4.89. The number of carbonyl (C=O) groups excluding carboxylic acids is 2. The normalized spacial score (nSPS) is 19.5. The zero-order valence-corrected chi connectivity index (χ0v) is 16.2. The van der Waals surface area contributed by atoms with Gasteiger partial charge in [-0.3, -0.25) is 14.3 Å². The number of hydrogen-bond acceptors (Lipinski definition) is 6. The minimum atomic E-state index is -0.765. The maximum absolute atomic E-state index is 12.8. The van der Waals surface area contributed by atoms with Crippen molar-refractivity contribution in [1.29, 1.82) is 0 Å². The minimum Gasteiger partial charge on any atom is -0.507 e. The van der Waals surface area contributed by atoms with Crippen molar-refractivity contribution in [3.63, 3.8) is 0 Å². The number of carbonyl (C=O) groups is 2. The standard InChI is InChI=1S/C19H24N4O4/c1-11-14(12(2)22(5)20-11)17(24)15-16(13-7-6-10-27-13)23(9-8-21(3)4)19(26)18(15)25/h6-7,10,16,24H,8-9H2,1-5H3/t16-/m1/s1. The molecular weight excluding hydrogens is 348 g/mol. The zero-order chi connectivity index (χ0) is 19.9. The highest BCUT2D eigenvalue weighted by Gasteiger charge is 2.47. The van der Waals surface area contributed by atoms with Crippen molar-refractivity contribution in [1.82, 2.24) is 19.6 Å². The van der Waals surface area contributed by atoms with Gasteiger partial charge in [-0.1, -0.05) is 0 Å². The Labute approximate surface area is 157 Å². The van der Waals surface area contributed by atoms with Crippen molar-refractivity contribution in [3.05, 3.63) is 46.7 Å². The molecule has 0 bridgehead atoms. The monoisotopic (exact) mass is 372 g/mol. The summed E-state index contributed by atoms with van der Waals surface area (Å²) >= 11 is 0. The molecule has 3 rings (SSSR count). The van der Waals surface area contributed by atoms with Crippen molar-refractivity contribution in [2.24, 2.45) is 7.05 Å². The molecule has 2 aromatic rings. The molecule has 144 valence electrons. The lowest BCUT2D eigenvalue weighted by atomic mass is 9.98. The molecule has 2 aromatic heterocycles. The maximum atomic E-state index is 12.8. The summed E-state index contributed by atoms with van der Waals surface area (Å²) in [6.07, 6.45) is 1.49. The molecule has 8 heteroatoms. The molecule has 1 saturated heterocycles. The van der Waals surface area contributed by atoms with E-state index < -0.39 is 17.7 Å². The highest BCUT2D eigenvalue weighted by molar-refractivity contribution is 6.46. The van der Waals surface area contributed by atoms with Gasteiger partial charge < -0.3 is 19.3 Å². The quantitative estimate of drug-likeness (QED) is 0.487. The van der Waals surface area contributed by atoms with E-state index in [1.807, 2.05) is 19.0 Å². The van der Waals surface area contributed by atoms with E-state index in [0.29, 0.717) is 35.8 Å². The van der Waals surface area contributed by atoms with Crippen LogP contribution in [0, 0.1) is 13.8 Å². The predicted octanol–water partition coefficient (Wildman–Crippen LogP) is 1.61. The lowest BCUT2D eigenvalue weighted by Gasteiger charge is -2.24. The molecule has 0 aromatic carbocycles. The van der Waals surface area contributed by atoms with Crippen LogP contribution in [0.15, 0.2) is 28.4 Å². The predicted molar refractivity (Wildman–Crippen MR) is 99.0 cm³/mol. The molecule has 8 nitrogen and oxygen atoms in total. The van der Waals surface area contributed by atoms with Crippen LogP contribution in [-0.2, 0) is 16.6 Å². The van der Waals surface area contributed by atoms with Crippen LogP contribution in [-0.4, -0.2) is 63.6 Å². The van der Waals surface area contributed by atoms with Gasteiger partial charge in [-0.25, -0.2) is 0 Å². The Kier molecular flexibility index (Phi) is 4.93. The van der Waals surface area contributed by atoms with Crippen LogP contribution < -0.4 is 0 Å². The second-order valence-corrected chi connectivity index (χ2v) is 6.98. The van der Waals surface area contributed by atoms with Crippen molar-refractivity contribution in [2.75, 3.05) is 27.2 Å². The van der Waals surface area contributed by atoms with Gasteiger partial charge in [0.15, 0.2) is 0 Å². The van der Waals surface area contributed by atoms with Crippen molar-refractivity contribution < 1.29 is 19.1 Å². The largest absolute Gasteiger partial charge is 0.507 e. The number of aryl methyl sites for hydroxylation is 2. The third-order valence-electron chi connectivity index (χ3n) is 4.89. The number of aromatic nitrogens is 2. The average Bonchev–Trinajstić information content (AvgIpc) is 3.26. The Hall–Kier alpha value is -2.87. The van der Waals surface area contributed by atoms with E-state index in [4.69, 9.17) is 4.42 Å². The zero-order valence-electron chi connectivity index (χ0n) is 16.2. The van der Waals surface area contributed by atoms with E-state index in [1.54, 1.807) is 37.7 Å². The number of ketones is 1. The lowest BCUT2D eigenvalue weighted by Crippen LogP contribution is -2.35. The minimum absolute atomic E-state index is 0.0351. The van der Waals surface area contributed by atoms with Crippen LogP contribution in [0.25, 0.3) is 5.76 Å². The van der Waals surface area contributed by atoms with Gasteiger partial charge in [-0.2, -0.15) is 5.10 Å². The molecule has 0 unspecified atom stereocenters. The van der Waals surface area contributed by atoms with Gasteiger partial charge in [-0.15, -0.1) is 0 Å². The van der Waals surface area contributed by atoms with Crippen LogP contribution in [0.4, 0.5) is 0 Å². The number of likely N-dealkylation sites (N-methyl/N-ethyl adjacent to an activating group) is 1. The number of amides is 1. The first-order valence-electron chi connectivity index (χ1n) is 8.71. The maximum Gasteiger partial charge on any atom is 0.295 e. The number of aliphatic hydroxyl groups is 1. The van der Waals surface area contributed by atoms with Crippen LogP contribution in [0.2, 0.25) is 0 Å². The molecule has 1 aliphatic rings. The first kappa shape index (κ1) is 18.9. The van der Waals surface area contributed by atoms with Gasteiger partial charge in [0.2, 0.25) is 0 Å². The van der Waals surface area contributed by atoms with E-state index in [-0.39, 0.29) is 11.3 Å². The molecule has 1 N–H and O–H groups in total. The summed E-state index contributed by atoms with van der Waals surface area (Å²) in [5.41, 5.74) is 1.81. The Balaban J connectivity index is 2.17. The third kappa shape index (κ3) is 3.16. The average molecular weight is 372 g/mol. The molecule has 0 spiro atoms. The van der Waals surface area contributed by atoms with Gasteiger partial charge in [0, 0.05) is 25.8 Å². The number of nitrogens with zero attached hydrogens (tertiary/aromatic N) is 4. The highest BCUT2D eigenvalue weighted by Crippen LogP contribution is 2.40. The second kappa shape index (κ2) is 7.03. The van der Waals surface area contributed by atoms with E-state index >= 15 is 0 Å². The number of aliphatic hydroxyl groups excluding tert-OH is 1. The SMILES string of the molecule is Cc1nn(C)c(C)c1C(O)=C1C(=O)C(=O)N(CCN(C)C)[C@@H]1c1ccco1. The molecule has 3 heterocycles. The summed E-state index contributed by atoms with van der Waals surface area (Å²) in [6.45, 7) is 4.48. The lowest BCUT2D eigenvalue weighted by molar-refractivity contribution is -0.140. The van der Waals surface area contributed by atoms with Gasteiger partial charge in [0.25, 0.3) is 11.7 Å². The first-order valence-corrected chi connectivity index (χ1v) is 8.71. The molecule has 1 amide bonds. The Morgan fingerprint density at radius 2 is 2.04 bits per heavy atom.